The maximum Gasteiger partial charge on any atom is 0.164 e. The van der Waals surface area contributed by atoms with E-state index in [-0.39, 0.29) is 0 Å². The van der Waals surface area contributed by atoms with Crippen LogP contribution in [0.5, 0.6) is 0 Å². The van der Waals surface area contributed by atoms with Gasteiger partial charge in [-0.2, -0.15) is 0 Å². The van der Waals surface area contributed by atoms with E-state index in [0.717, 1.165) is 55.1 Å². The van der Waals surface area contributed by atoms with E-state index in [0.29, 0.717) is 17.5 Å². The number of furan rings is 1. The van der Waals surface area contributed by atoms with E-state index >= 15 is 0 Å². The van der Waals surface area contributed by atoms with Gasteiger partial charge in [-0.05, 0) is 46.2 Å². The lowest BCUT2D eigenvalue weighted by atomic mass is 9.98. The number of aromatic nitrogens is 3. The Labute approximate surface area is 236 Å². The van der Waals surface area contributed by atoms with Gasteiger partial charge in [-0.1, -0.05) is 115 Å². The fraction of sp³-hybridized carbons (Fsp3) is 0. The Morgan fingerprint density at radius 3 is 1.85 bits per heavy atom. The third kappa shape index (κ3) is 4.14. The van der Waals surface area contributed by atoms with Crippen molar-refractivity contribution in [1.82, 2.24) is 15.0 Å². The van der Waals surface area contributed by atoms with E-state index in [1.807, 2.05) is 54.6 Å². The van der Waals surface area contributed by atoms with Crippen molar-refractivity contribution in [2.75, 3.05) is 0 Å². The lowest BCUT2D eigenvalue weighted by molar-refractivity contribution is 0.669. The summed E-state index contributed by atoms with van der Waals surface area (Å²) in [5, 5.41) is 4.55. The van der Waals surface area contributed by atoms with Crippen molar-refractivity contribution >= 4 is 32.7 Å². The van der Waals surface area contributed by atoms with Crippen molar-refractivity contribution in [3.05, 3.63) is 140 Å². The Morgan fingerprint density at radius 1 is 0.390 bits per heavy atom. The normalized spacial score (nSPS) is 11.4. The van der Waals surface area contributed by atoms with Crippen LogP contribution >= 0.6 is 0 Å². The molecule has 0 saturated carbocycles. The minimum atomic E-state index is 0.632. The van der Waals surface area contributed by atoms with Gasteiger partial charge in [-0.15, -0.1) is 0 Å². The molecule has 8 rings (SSSR count). The van der Waals surface area contributed by atoms with E-state index in [4.69, 9.17) is 19.4 Å². The topological polar surface area (TPSA) is 51.8 Å². The first-order valence-corrected chi connectivity index (χ1v) is 13.6. The number of hydrogen-bond acceptors (Lipinski definition) is 4. The van der Waals surface area contributed by atoms with Gasteiger partial charge in [0.2, 0.25) is 0 Å². The van der Waals surface area contributed by atoms with Gasteiger partial charge < -0.3 is 4.42 Å². The van der Waals surface area contributed by atoms with Gasteiger partial charge in [0.25, 0.3) is 0 Å². The van der Waals surface area contributed by atoms with Crippen molar-refractivity contribution in [3.8, 4) is 45.3 Å². The maximum absolute atomic E-state index is 6.16. The summed E-state index contributed by atoms with van der Waals surface area (Å²) >= 11 is 0. The third-order valence-electron chi connectivity index (χ3n) is 7.51. The van der Waals surface area contributed by atoms with Crippen LogP contribution in [0, 0.1) is 0 Å². The highest BCUT2D eigenvalue weighted by atomic mass is 16.3. The number of fused-ring (bicyclic) bond motifs is 4. The molecule has 192 valence electrons. The van der Waals surface area contributed by atoms with Crippen LogP contribution in [0.3, 0.4) is 0 Å². The summed E-state index contributed by atoms with van der Waals surface area (Å²) in [7, 11) is 0. The van der Waals surface area contributed by atoms with E-state index in [9.17, 15) is 0 Å². The van der Waals surface area contributed by atoms with Crippen molar-refractivity contribution in [2.24, 2.45) is 0 Å². The Kier molecular flexibility index (Phi) is 5.42. The Balaban J connectivity index is 1.31. The smallest absolute Gasteiger partial charge is 0.164 e. The van der Waals surface area contributed by atoms with E-state index in [1.54, 1.807) is 0 Å². The zero-order chi connectivity index (χ0) is 27.2. The fourth-order valence-electron chi connectivity index (χ4n) is 5.52. The van der Waals surface area contributed by atoms with E-state index in [1.165, 1.54) is 5.39 Å². The van der Waals surface area contributed by atoms with E-state index < -0.39 is 0 Å². The SMILES string of the molecule is c1ccc(-c2nc(-c3cccc(-c4cccc5oc6ccccc6c45)c3)nc(-c3ccc4ccccc4c3)n2)cc1. The maximum atomic E-state index is 6.16. The first-order chi connectivity index (χ1) is 20.3. The zero-order valence-corrected chi connectivity index (χ0v) is 22.0. The van der Waals surface area contributed by atoms with Gasteiger partial charge in [0, 0.05) is 27.5 Å². The Morgan fingerprint density at radius 2 is 1.00 bits per heavy atom. The molecule has 6 aromatic carbocycles. The van der Waals surface area contributed by atoms with Gasteiger partial charge in [0.1, 0.15) is 11.2 Å². The van der Waals surface area contributed by atoms with Crippen LogP contribution < -0.4 is 0 Å². The lowest BCUT2D eigenvalue weighted by Gasteiger charge is -2.10. The summed E-state index contributed by atoms with van der Waals surface area (Å²) in [6, 6.07) is 47.5. The summed E-state index contributed by atoms with van der Waals surface area (Å²) in [5.74, 6) is 1.92. The quantitative estimate of drug-likeness (QED) is 0.230. The average molecular weight is 526 g/mol. The minimum absolute atomic E-state index is 0.632. The molecule has 0 amide bonds. The molecule has 0 fully saturated rings. The highest BCUT2D eigenvalue weighted by Crippen LogP contribution is 2.37. The molecule has 0 aliphatic rings. The first kappa shape index (κ1) is 23.3. The van der Waals surface area contributed by atoms with Gasteiger partial charge in [0.15, 0.2) is 17.5 Å². The highest BCUT2D eigenvalue weighted by Gasteiger charge is 2.15. The number of hydrogen-bond donors (Lipinski definition) is 0. The van der Waals surface area contributed by atoms with Gasteiger partial charge in [-0.3, -0.25) is 0 Å². The summed E-state index contributed by atoms with van der Waals surface area (Å²) in [5.41, 5.74) is 6.78. The fourth-order valence-corrected chi connectivity index (χ4v) is 5.52. The number of rotatable bonds is 4. The van der Waals surface area contributed by atoms with Crippen molar-refractivity contribution < 1.29 is 4.42 Å². The summed E-state index contributed by atoms with van der Waals surface area (Å²) in [6.07, 6.45) is 0. The molecule has 0 aliphatic carbocycles. The predicted octanol–water partition coefficient (Wildman–Crippen LogP) is 9.59. The van der Waals surface area contributed by atoms with Crippen LogP contribution in [-0.2, 0) is 0 Å². The zero-order valence-electron chi connectivity index (χ0n) is 22.0. The average Bonchev–Trinajstić information content (AvgIpc) is 3.44. The lowest BCUT2D eigenvalue weighted by Crippen LogP contribution is -2.00. The van der Waals surface area contributed by atoms with Crippen LogP contribution in [-0.4, -0.2) is 15.0 Å². The summed E-state index contributed by atoms with van der Waals surface area (Å²) in [4.78, 5) is 14.9. The van der Waals surface area contributed by atoms with Crippen LogP contribution in [0.1, 0.15) is 0 Å². The molecule has 0 spiro atoms. The van der Waals surface area contributed by atoms with Gasteiger partial charge in [-0.25, -0.2) is 15.0 Å². The standard InChI is InChI=1S/C37H23N3O/c1-2-11-25(12-3-1)35-38-36(40-37(39-35)29-21-20-24-10-4-5-13-26(24)22-29)28-15-8-14-27(23-28)30-17-9-19-33-34(30)31-16-6-7-18-32(31)41-33/h1-23H. The predicted molar refractivity (Wildman–Crippen MR) is 166 cm³/mol. The molecule has 0 N–H and O–H groups in total. The molecular formula is C37H23N3O. The molecule has 41 heavy (non-hydrogen) atoms. The largest absolute Gasteiger partial charge is 0.456 e. The van der Waals surface area contributed by atoms with E-state index in [2.05, 4.69) is 84.9 Å². The third-order valence-corrected chi connectivity index (χ3v) is 7.51. The number of benzene rings is 6. The van der Waals surface area contributed by atoms with Crippen LogP contribution in [0.4, 0.5) is 0 Å². The molecule has 0 unspecified atom stereocenters. The molecule has 0 saturated heterocycles. The van der Waals surface area contributed by atoms with Crippen LogP contribution in [0.2, 0.25) is 0 Å². The molecule has 0 aliphatic heterocycles. The van der Waals surface area contributed by atoms with Crippen molar-refractivity contribution in [2.45, 2.75) is 0 Å². The molecule has 4 nitrogen and oxygen atoms in total. The number of para-hydroxylation sites is 1. The van der Waals surface area contributed by atoms with Gasteiger partial charge in [0.05, 0.1) is 0 Å². The molecule has 0 bridgehead atoms. The van der Waals surface area contributed by atoms with Gasteiger partial charge >= 0.3 is 0 Å². The Bertz CT molecular complexity index is 2220. The molecular weight excluding hydrogens is 502 g/mol. The van der Waals surface area contributed by atoms with Crippen molar-refractivity contribution in [3.63, 3.8) is 0 Å². The summed E-state index contributed by atoms with van der Waals surface area (Å²) in [6.45, 7) is 0. The molecule has 2 aromatic heterocycles. The molecule has 0 atom stereocenters. The second-order valence-electron chi connectivity index (χ2n) is 10.1. The second kappa shape index (κ2) is 9.54. The monoisotopic (exact) mass is 525 g/mol. The number of nitrogens with zero attached hydrogens (tertiary/aromatic N) is 3. The molecule has 8 aromatic rings. The molecule has 0 radical (unpaired) electrons. The minimum Gasteiger partial charge on any atom is -0.456 e. The van der Waals surface area contributed by atoms with Crippen LogP contribution in [0.15, 0.2) is 144 Å². The molecule has 2 heterocycles. The van der Waals surface area contributed by atoms with Crippen LogP contribution in [0.25, 0.3) is 78.0 Å². The molecule has 4 heteroatoms. The Hall–Kier alpha value is -5.61. The highest BCUT2D eigenvalue weighted by molar-refractivity contribution is 6.12. The first-order valence-electron chi connectivity index (χ1n) is 13.6. The second-order valence-corrected chi connectivity index (χ2v) is 10.1. The summed E-state index contributed by atoms with van der Waals surface area (Å²) < 4.78 is 6.16. The van der Waals surface area contributed by atoms with Crippen molar-refractivity contribution in [1.29, 1.82) is 0 Å².